The van der Waals surface area contributed by atoms with Gasteiger partial charge in [0.05, 0.1) is 0 Å². The van der Waals surface area contributed by atoms with Gasteiger partial charge in [-0.25, -0.2) is 0 Å². The van der Waals surface area contributed by atoms with Crippen LogP contribution in [0.4, 0.5) is 5.69 Å². The number of anilines is 1. The number of hydrogen-bond donors (Lipinski definition) is 2. The maximum atomic E-state index is 11.6. The molecule has 0 saturated heterocycles. The van der Waals surface area contributed by atoms with Crippen LogP contribution < -0.4 is 11.1 Å². The van der Waals surface area contributed by atoms with E-state index in [9.17, 15) is 4.79 Å². The SMILES string of the molecule is Nc1ccc(/C=C/C(=O)NCCC2CCCC2)cc1. The molecule has 3 N–H and O–H groups in total. The first kappa shape index (κ1) is 13.7. The lowest BCUT2D eigenvalue weighted by atomic mass is 10.0. The summed E-state index contributed by atoms with van der Waals surface area (Å²) in [6, 6.07) is 7.46. The summed E-state index contributed by atoms with van der Waals surface area (Å²) < 4.78 is 0. The van der Waals surface area contributed by atoms with E-state index in [2.05, 4.69) is 5.32 Å². The molecule has 3 nitrogen and oxygen atoms in total. The number of hydrogen-bond acceptors (Lipinski definition) is 2. The quantitative estimate of drug-likeness (QED) is 0.630. The van der Waals surface area contributed by atoms with Crippen LogP contribution in [0.15, 0.2) is 30.3 Å². The highest BCUT2D eigenvalue weighted by atomic mass is 16.1. The van der Waals surface area contributed by atoms with Crippen molar-refractivity contribution in [1.82, 2.24) is 5.32 Å². The lowest BCUT2D eigenvalue weighted by Crippen LogP contribution is -2.23. The van der Waals surface area contributed by atoms with Crippen molar-refractivity contribution in [2.75, 3.05) is 12.3 Å². The monoisotopic (exact) mass is 258 g/mol. The molecule has 1 saturated carbocycles. The second-order valence-electron chi connectivity index (χ2n) is 5.23. The summed E-state index contributed by atoms with van der Waals surface area (Å²) in [5, 5.41) is 2.94. The summed E-state index contributed by atoms with van der Waals surface area (Å²) in [4.78, 5) is 11.6. The number of amides is 1. The van der Waals surface area contributed by atoms with E-state index in [1.165, 1.54) is 25.7 Å². The Morgan fingerprint density at radius 2 is 1.95 bits per heavy atom. The smallest absolute Gasteiger partial charge is 0.243 e. The third-order valence-electron chi connectivity index (χ3n) is 3.69. The van der Waals surface area contributed by atoms with Gasteiger partial charge >= 0.3 is 0 Å². The van der Waals surface area contributed by atoms with Gasteiger partial charge in [-0.1, -0.05) is 37.8 Å². The van der Waals surface area contributed by atoms with Crippen LogP contribution in [0.1, 0.15) is 37.7 Å². The Hall–Kier alpha value is -1.77. The van der Waals surface area contributed by atoms with E-state index in [0.717, 1.165) is 30.1 Å². The van der Waals surface area contributed by atoms with Gasteiger partial charge in [0.1, 0.15) is 0 Å². The van der Waals surface area contributed by atoms with E-state index in [1.807, 2.05) is 30.3 Å². The molecular formula is C16H22N2O. The molecule has 0 bridgehead atoms. The van der Waals surface area contributed by atoms with E-state index in [0.29, 0.717) is 0 Å². The number of carbonyl (C=O) groups is 1. The molecule has 1 aliphatic rings. The van der Waals surface area contributed by atoms with Crippen LogP contribution in [0.3, 0.4) is 0 Å². The summed E-state index contributed by atoms with van der Waals surface area (Å²) in [5.74, 6) is 0.802. The first-order chi connectivity index (χ1) is 9.24. The zero-order valence-electron chi connectivity index (χ0n) is 11.3. The van der Waals surface area contributed by atoms with Gasteiger partial charge in [-0.2, -0.15) is 0 Å². The average Bonchev–Trinajstić information content (AvgIpc) is 2.91. The molecule has 1 amide bonds. The molecule has 19 heavy (non-hydrogen) atoms. The summed E-state index contributed by atoms with van der Waals surface area (Å²) in [7, 11) is 0. The molecule has 3 heteroatoms. The highest BCUT2D eigenvalue weighted by Crippen LogP contribution is 2.26. The van der Waals surface area contributed by atoms with E-state index in [4.69, 9.17) is 5.73 Å². The zero-order valence-corrected chi connectivity index (χ0v) is 11.3. The van der Waals surface area contributed by atoms with Crippen molar-refractivity contribution in [2.45, 2.75) is 32.1 Å². The third-order valence-corrected chi connectivity index (χ3v) is 3.69. The molecule has 0 spiro atoms. The molecule has 1 fully saturated rings. The summed E-state index contributed by atoms with van der Waals surface area (Å²) in [6.45, 7) is 0.787. The molecule has 102 valence electrons. The molecule has 1 aromatic rings. The normalized spacial score (nSPS) is 16.0. The molecule has 0 unspecified atom stereocenters. The minimum Gasteiger partial charge on any atom is -0.399 e. The summed E-state index contributed by atoms with van der Waals surface area (Å²) >= 11 is 0. The lowest BCUT2D eigenvalue weighted by Gasteiger charge is -2.08. The minimum atomic E-state index is -0.0187. The van der Waals surface area contributed by atoms with Crippen molar-refractivity contribution in [2.24, 2.45) is 5.92 Å². The standard InChI is InChI=1S/C16H22N2O/c17-15-8-5-14(6-9-15)7-10-16(19)18-12-11-13-3-1-2-4-13/h5-10,13H,1-4,11-12,17H2,(H,18,19)/b10-7+. The van der Waals surface area contributed by atoms with Gasteiger partial charge in [0, 0.05) is 18.3 Å². The number of benzene rings is 1. The predicted molar refractivity (Wildman–Crippen MR) is 79.5 cm³/mol. The van der Waals surface area contributed by atoms with Gasteiger partial charge in [-0.05, 0) is 36.1 Å². The van der Waals surface area contributed by atoms with Crippen LogP contribution in [0.5, 0.6) is 0 Å². The molecule has 0 atom stereocenters. The van der Waals surface area contributed by atoms with Crippen LogP contribution in [-0.4, -0.2) is 12.5 Å². The Balaban J connectivity index is 1.69. The number of carbonyl (C=O) groups excluding carboxylic acids is 1. The number of nitrogens with two attached hydrogens (primary N) is 1. The van der Waals surface area contributed by atoms with Gasteiger partial charge in [-0.15, -0.1) is 0 Å². The van der Waals surface area contributed by atoms with Crippen molar-refractivity contribution >= 4 is 17.7 Å². The van der Waals surface area contributed by atoms with Gasteiger partial charge in [0.2, 0.25) is 5.91 Å². The van der Waals surface area contributed by atoms with Crippen molar-refractivity contribution in [3.05, 3.63) is 35.9 Å². The van der Waals surface area contributed by atoms with Crippen LogP contribution >= 0.6 is 0 Å². The fourth-order valence-electron chi connectivity index (χ4n) is 2.54. The van der Waals surface area contributed by atoms with E-state index in [-0.39, 0.29) is 5.91 Å². The molecule has 1 aliphatic carbocycles. The van der Waals surface area contributed by atoms with Crippen LogP contribution in [0, 0.1) is 5.92 Å². The highest BCUT2D eigenvalue weighted by Gasteiger charge is 2.14. The Morgan fingerprint density at radius 3 is 2.63 bits per heavy atom. The average molecular weight is 258 g/mol. The second kappa shape index (κ2) is 6.98. The summed E-state index contributed by atoms with van der Waals surface area (Å²) in [5.41, 5.74) is 7.33. The van der Waals surface area contributed by atoms with Gasteiger partial charge in [0.25, 0.3) is 0 Å². The van der Waals surface area contributed by atoms with E-state index < -0.39 is 0 Å². The molecule has 2 rings (SSSR count). The van der Waals surface area contributed by atoms with Crippen LogP contribution in [0.25, 0.3) is 6.08 Å². The van der Waals surface area contributed by atoms with Crippen molar-refractivity contribution in [1.29, 1.82) is 0 Å². The van der Waals surface area contributed by atoms with Crippen molar-refractivity contribution in [3.8, 4) is 0 Å². The predicted octanol–water partition coefficient (Wildman–Crippen LogP) is 2.98. The molecule has 0 heterocycles. The second-order valence-corrected chi connectivity index (χ2v) is 5.23. The molecule has 0 radical (unpaired) electrons. The maximum absolute atomic E-state index is 11.6. The number of rotatable bonds is 5. The van der Waals surface area contributed by atoms with Crippen molar-refractivity contribution in [3.63, 3.8) is 0 Å². The topological polar surface area (TPSA) is 55.1 Å². The maximum Gasteiger partial charge on any atom is 0.243 e. The molecule has 0 aliphatic heterocycles. The van der Waals surface area contributed by atoms with Gasteiger partial charge < -0.3 is 11.1 Å². The van der Waals surface area contributed by atoms with Gasteiger partial charge in [0.15, 0.2) is 0 Å². The fraction of sp³-hybridized carbons (Fsp3) is 0.438. The summed E-state index contributed by atoms with van der Waals surface area (Å²) in [6.07, 6.45) is 9.88. The van der Waals surface area contributed by atoms with E-state index >= 15 is 0 Å². The van der Waals surface area contributed by atoms with E-state index in [1.54, 1.807) is 6.08 Å². The first-order valence-electron chi connectivity index (χ1n) is 7.05. The van der Waals surface area contributed by atoms with Gasteiger partial charge in [-0.3, -0.25) is 4.79 Å². The number of nitrogen functional groups attached to an aromatic ring is 1. The first-order valence-corrected chi connectivity index (χ1v) is 7.05. The molecular weight excluding hydrogens is 236 g/mol. The lowest BCUT2D eigenvalue weighted by molar-refractivity contribution is -0.116. The third kappa shape index (κ3) is 4.78. The Labute approximate surface area is 114 Å². The largest absolute Gasteiger partial charge is 0.399 e. The molecule has 1 aromatic carbocycles. The fourth-order valence-corrected chi connectivity index (χ4v) is 2.54. The minimum absolute atomic E-state index is 0.0187. The Morgan fingerprint density at radius 1 is 1.26 bits per heavy atom. The Bertz CT molecular complexity index is 431. The highest BCUT2D eigenvalue weighted by molar-refractivity contribution is 5.91. The molecule has 0 aromatic heterocycles. The zero-order chi connectivity index (χ0) is 13.5. The Kier molecular flexibility index (Phi) is 5.01. The van der Waals surface area contributed by atoms with Crippen LogP contribution in [0.2, 0.25) is 0 Å². The number of nitrogens with one attached hydrogen (secondary N) is 1. The van der Waals surface area contributed by atoms with Crippen molar-refractivity contribution < 1.29 is 4.79 Å². The van der Waals surface area contributed by atoms with Crippen LogP contribution in [-0.2, 0) is 4.79 Å².